The molecule has 1 aliphatic heterocycles. The predicted molar refractivity (Wildman–Crippen MR) is 75.7 cm³/mol. The lowest BCUT2D eigenvalue weighted by Gasteiger charge is -2.37. The lowest BCUT2D eigenvalue weighted by atomic mass is 10.1. The van der Waals surface area contributed by atoms with Crippen LogP contribution in [0.15, 0.2) is 23.1 Å². The van der Waals surface area contributed by atoms with Gasteiger partial charge in [0.05, 0.1) is 10.6 Å². The molecule has 0 fully saturated rings. The van der Waals surface area contributed by atoms with Gasteiger partial charge in [-0.3, -0.25) is 9.59 Å². The lowest BCUT2D eigenvalue weighted by molar-refractivity contribution is -0.120. The number of amides is 1. The van der Waals surface area contributed by atoms with Crippen LogP contribution in [0.3, 0.4) is 0 Å². The van der Waals surface area contributed by atoms with Crippen LogP contribution >= 0.6 is 0 Å². The predicted octanol–water partition coefficient (Wildman–Crippen LogP) is 1.81. The van der Waals surface area contributed by atoms with Crippen LogP contribution in [-0.2, 0) is 14.6 Å². The topological polar surface area (TPSA) is 71.5 Å². The summed E-state index contributed by atoms with van der Waals surface area (Å²) in [6.07, 6.45) is 0. The Morgan fingerprint density at radius 3 is 2.40 bits per heavy atom. The monoisotopic (exact) mass is 295 g/mol. The zero-order valence-corrected chi connectivity index (χ0v) is 12.7. The van der Waals surface area contributed by atoms with E-state index in [1.54, 1.807) is 6.92 Å². The van der Waals surface area contributed by atoms with Crippen molar-refractivity contribution in [2.24, 2.45) is 0 Å². The van der Waals surface area contributed by atoms with Gasteiger partial charge < -0.3 is 4.90 Å². The number of carbonyl (C=O) groups excluding carboxylic acids is 2. The van der Waals surface area contributed by atoms with E-state index >= 15 is 0 Å². The van der Waals surface area contributed by atoms with Crippen molar-refractivity contribution in [1.82, 2.24) is 0 Å². The van der Waals surface area contributed by atoms with E-state index in [0.717, 1.165) is 0 Å². The molecule has 5 nitrogen and oxygen atoms in total. The highest BCUT2D eigenvalue weighted by Crippen LogP contribution is 2.40. The second kappa shape index (κ2) is 4.41. The number of Topliss-reactive ketones (excluding diaryl/α,β-unsaturated/α-hetero) is 1. The van der Waals surface area contributed by atoms with Gasteiger partial charge in [0.2, 0.25) is 5.91 Å². The maximum absolute atomic E-state index is 12.5. The molecule has 1 aliphatic rings. The number of sulfone groups is 1. The lowest BCUT2D eigenvalue weighted by Crippen LogP contribution is -2.54. The second-order valence-electron chi connectivity index (χ2n) is 5.30. The summed E-state index contributed by atoms with van der Waals surface area (Å²) in [5, 5.41) is 0. The van der Waals surface area contributed by atoms with Gasteiger partial charge >= 0.3 is 0 Å². The van der Waals surface area contributed by atoms with Crippen LogP contribution in [0, 0.1) is 0 Å². The molecule has 0 spiro atoms. The van der Waals surface area contributed by atoms with Gasteiger partial charge in [0, 0.05) is 12.1 Å². The number of hydrogen-bond acceptors (Lipinski definition) is 4. The van der Waals surface area contributed by atoms with Crippen LogP contribution in [0.2, 0.25) is 0 Å². The molecule has 0 saturated carbocycles. The minimum Gasteiger partial charge on any atom is -0.310 e. The molecule has 1 aromatic rings. The molecular formula is C14H17NO4S. The third-order valence-corrected chi connectivity index (χ3v) is 6.14. The van der Waals surface area contributed by atoms with Crippen LogP contribution in [-0.4, -0.2) is 31.4 Å². The van der Waals surface area contributed by atoms with Gasteiger partial charge in [-0.25, -0.2) is 8.42 Å². The average Bonchev–Trinajstić information content (AvgIpc) is 2.37. The molecule has 108 valence electrons. The average molecular weight is 295 g/mol. The molecule has 0 aromatic heterocycles. The van der Waals surface area contributed by atoms with E-state index in [0.29, 0.717) is 17.8 Å². The summed E-state index contributed by atoms with van der Waals surface area (Å²) in [6, 6.07) is 4.38. The van der Waals surface area contributed by atoms with E-state index in [1.807, 2.05) is 0 Å². The normalized spacial score (nSPS) is 19.6. The number of anilines is 1. The smallest absolute Gasteiger partial charge is 0.248 e. The first kappa shape index (κ1) is 14.7. The summed E-state index contributed by atoms with van der Waals surface area (Å²) < 4.78 is 23.6. The highest BCUT2D eigenvalue weighted by molar-refractivity contribution is 7.94. The zero-order chi connectivity index (χ0) is 15.3. The number of rotatable bonds is 2. The maximum Gasteiger partial charge on any atom is 0.248 e. The Bertz CT molecular complexity index is 704. The van der Waals surface area contributed by atoms with E-state index < -0.39 is 20.5 Å². The van der Waals surface area contributed by atoms with E-state index in [1.165, 1.54) is 43.9 Å². The highest BCUT2D eigenvalue weighted by Gasteiger charge is 2.50. The molecular weight excluding hydrogens is 278 g/mol. The molecule has 1 aromatic carbocycles. The van der Waals surface area contributed by atoms with E-state index in [9.17, 15) is 18.0 Å². The number of hydrogen-bond donors (Lipinski definition) is 0. The SMILES string of the molecule is CCN1C(=O)C(C)(C)S(=O)(=O)c2ccc(C(C)=O)cc21. The summed E-state index contributed by atoms with van der Waals surface area (Å²) >= 11 is 0. The fraction of sp³-hybridized carbons (Fsp3) is 0.429. The first-order valence-corrected chi connectivity index (χ1v) is 7.84. The molecule has 0 N–H and O–H groups in total. The number of carbonyl (C=O) groups is 2. The number of nitrogens with zero attached hydrogens (tertiary/aromatic N) is 1. The van der Waals surface area contributed by atoms with Crippen LogP contribution in [0.25, 0.3) is 0 Å². The van der Waals surface area contributed by atoms with Gasteiger partial charge in [0.25, 0.3) is 0 Å². The molecule has 0 radical (unpaired) electrons. The maximum atomic E-state index is 12.5. The van der Waals surface area contributed by atoms with Crippen LogP contribution in [0.1, 0.15) is 38.1 Å². The van der Waals surface area contributed by atoms with Crippen molar-refractivity contribution in [3.63, 3.8) is 0 Å². The Kier molecular flexibility index (Phi) is 3.25. The van der Waals surface area contributed by atoms with Gasteiger partial charge in [0.1, 0.15) is 4.75 Å². The summed E-state index contributed by atoms with van der Waals surface area (Å²) in [5.74, 6) is -0.633. The van der Waals surface area contributed by atoms with Crippen molar-refractivity contribution >= 4 is 27.2 Å². The molecule has 0 bridgehead atoms. The summed E-state index contributed by atoms with van der Waals surface area (Å²) in [7, 11) is -3.76. The molecule has 0 saturated heterocycles. The Morgan fingerprint density at radius 2 is 1.90 bits per heavy atom. The Morgan fingerprint density at radius 1 is 1.30 bits per heavy atom. The third kappa shape index (κ3) is 1.78. The van der Waals surface area contributed by atoms with Gasteiger partial charge in [-0.2, -0.15) is 0 Å². The van der Waals surface area contributed by atoms with Gasteiger partial charge in [-0.15, -0.1) is 0 Å². The largest absolute Gasteiger partial charge is 0.310 e. The molecule has 6 heteroatoms. The third-order valence-electron chi connectivity index (χ3n) is 3.69. The molecule has 1 amide bonds. The van der Waals surface area contributed by atoms with Crippen molar-refractivity contribution in [2.75, 3.05) is 11.4 Å². The molecule has 0 unspecified atom stereocenters. The van der Waals surface area contributed by atoms with Crippen LogP contribution in [0.5, 0.6) is 0 Å². The first-order chi connectivity index (χ1) is 9.14. The van der Waals surface area contributed by atoms with Crippen molar-refractivity contribution in [1.29, 1.82) is 0 Å². The Hall–Kier alpha value is -1.69. The Balaban J connectivity index is 2.82. The minimum atomic E-state index is -3.76. The second-order valence-corrected chi connectivity index (χ2v) is 7.77. The van der Waals surface area contributed by atoms with Crippen molar-refractivity contribution < 1.29 is 18.0 Å². The van der Waals surface area contributed by atoms with Crippen molar-refractivity contribution in [3.8, 4) is 0 Å². The first-order valence-electron chi connectivity index (χ1n) is 6.36. The molecule has 0 atom stereocenters. The molecule has 0 aliphatic carbocycles. The number of fused-ring (bicyclic) bond motifs is 1. The summed E-state index contributed by atoms with van der Waals surface area (Å²) in [4.78, 5) is 25.4. The standard InChI is InChI=1S/C14H17NO4S/c1-5-15-11-8-10(9(2)16)6-7-12(11)20(18,19)14(3,4)13(15)17/h6-8H,5H2,1-4H3. The number of benzene rings is 1. The zero-order valence-electron chi connectivity index (χ0n) is 11.9. The molecule has 2 rings (SSSR count). The van der Waals surface area contributed by atoms with E-state index in [2.05, 4.69) is 0 Å². The van der Waals surface area contributed by atoms with Gasteiger partial charge in [-0.05, 0) is 45.9 Å². The van der Waals surface area contributed by atoms with Crippen molar-refractivity contribution in [3.05, 3.63) is 23.8 Å². The quantitative estimate of drug-likeness (QED) is 0.780. The fourth-order valence-corrected chi connectivity index (χ4v) is 3.89. The Labute approximate surface area is 118 Å². The summed E-state index contributed by atoms with van der Waals surface area (Å²) in [5.41, 5.74) is 0.689. The number of ketones is 1. The summed E-state index contributed by atoms with van der Waals surface area (Å²) in [6.45, 7) is 6.35. The van der Waals surface area contributed by atoms with Gasteiger partial charge in [0.15, 0.2) is 15.6 Å². The molecule has 20 heavy (non-hydrogen) atoms. The van der Waals surface area contributed by atoms with E-state index in [4.69, 9.17) is 0 Å². The fourth-order valence-electron chi connectivity index (χ4n) is 2.31. The van der Waals surface area contributed by atoms with Crippen molar-refractivity contribution in [2.45, 2.75) is 37.3 Å². The highest BCUT2D eigenvalue weighted by atomic mass is 32.2. The molecule has 1 heterocycles. The van der Waals surface area contributed by atoms with Crippen LogP contribution < -0.4 is 4.90 Å². The van der Waals surface area contributed by atoms with Crippen LogP contribution in [0.4, 0.5) is 5.69 Å². The van der Waals surface area contributed by atoms with Gasteiger partial charge in [-0.1, -0.05) is 0 Å². The van der Waals surface area contributed by atoms with E-state index in [-0.39, 0.29) is 10.7 Å². The minimum absolute atomic E-state index is 0.106.